The van der Waals surface area contributed by atoms with Gasteiger partial charge < -0.3 is 0 Å². The molecule has 0 unspecified atom stereocenters. The molecule has 0 nitrogen and oxygen atoms in total. The molecule has 4 aromatic rings. The molecule has 1 heteroatoms. The van der Waals surface area contributed by atoms with E-state index in [1.807, 2.05) is 39.0 Å². The van der Waals surface area contributed by atoms with Gasteiger partial charge in [0.15, 0.2) is 0 Å². The highest BCUT2D eigenvalue weighted by molar-refractivity contribution is 8.06. The van der Waals surface area contributed by atoms with E-state index in [2.05, 4.69) is 117 Å². The quantitative estimate of drug-likeness (QED) is 0.151. The standard InChI is InChI=1S/C28H20.C11H16S/c1-2-9-19-16-17-27-23(18-19)22-12-5-8-15-26(22)28(27)24-13-6-3-10-20(24)21-11-4-7-14-25(21)28;1-6-7-8-11(9(2)3)12-10(4)5/h2-8,10-18H,1,9H2;6-8H,2,4H2,1,3,5H3/b;7-6-,11-8+. The molecule has 4 aromatic carbocycles. The summed E-state index contributed by atoms with van der Waals surface area (Å²) in [5, 5.41) is 0. The maximum absolute atomic E-state index is 3.92. The Bertz CT molecular complexity index is 1630. The molecule has 0 amide bonds. The predicted molar refractivity (Wildman–Crippen MR) is 177 cm³/mol. The number of fused-ring (bicyclic) bond motifs is 10. The summed E-state index contributed by atoms with van der Waals surface area (Å²) in [5.74, 6) is 0. The fourth-order valence-corrected chi connectivity index (χ4v) is 6.77. The van der Waals surface area contributed by atoms with Gasteiger partial charge in [0, 0.05) is 4.91 Å². The summed E-state index contributed by atoms with van der Waals surface area (Å²) >= 11 is 1.66. The van der Waals surface area contributed by atoms with E-state index in [1.54, 1.807) is 11.8 Å². The van der Waals surface area contributed by atoms with Crippen LogP contribution < -0.4 is 0 Å². The highest BCUT2D eigenvalue weighted by atomic mass is 32.2. The van der Waals surface area contributed by atoms with E-state index < -0.39 is 0 Å². The van der Waals surface area contributed by atoms with Gasteiger partial charge in [-0.05, 0) is 93.8 Å². The Morgan fingerprint density at radius 1 is 0.725 bits per heavy atom. The monoisotopic (exact) mass is 536 g/mol. The zero-order valence-electron chi connectivity index (χ0n) is 23.7. The summed E-state index contributed by atoms with van der Waals surface area (Å²) in [6, 6.07) is 33.8. The molecule has 0 saturated carbocycles. The fraction of sp³-hybridized carbons (Fsp3) is 0.128. The van der Waals surface area contributed by atoms with Crippen molar-refractivity contribution < 1.29 is 0 Å². The number of hydrogen-bond donors (Lipinski definition) is 0. The highest BCUT2D eigenvalue weighted by Crippen LogP contribution is 2.62. The lowest BCUT2D eigenvalue weighted by atomic mass is 9.70. The van der Waals surface area contributed by atoms with Crippen molar-refractivity contribution in [2.45, 2.75) is 32.6 Å². The number of hydrogen-bond acceptors (Lipinski definition) is 1. The van der Waals surface area contributed by atoms with Gasteiger partial charge in [0.25, 0.3) is 0 Å². The fourth-order valence-electron chi connectivity index (χ4n) is 6.08. The topological polar surface area (TPSA) is 0 Å². The van der Waals surface area contributed by atoms with Gasteiger partial charge in [-0.1, -0.05) is 134 Å². The Morgan fingerprint density at radius 2 is 1.23 bits per heavy atom. The van der Waals surface area contributed by atoms with E-state index >= 15 is 0 Å². The molecule has 2 aliphatic rings. The first-order valence-electron chi connectivity index (χ1n) is 13.8. The van der Waals surface area contributed by atoms with Crippen molar-refractivity contribution in [1.29, 1.82) is 0 Å². The Balaban J connectivity index is 0.000000230. The van der Waals surface area contributed by atoms with Gasteiger partial charge in [-0.2, -0.15) is 0 Å². The number of thioether (sulfide) groups is 1. The first-order chi connectivity index (χ1) is 19.4. The molecule has 0 bridgehead atoms. The van der Waals surface area contributed by atoms with Crippen LogP contribution in [0.3, 0.4) is 0 Å². The molecule has 0 N–H and O–H groups in total. The molecule has 0 atom stereocenters. The summed E-state index contributed by atoms with van der Waals surface area (Å²) < 4.78 is 0. The van der Waals surface area contributed by atoms with E-state index in [4.69, 9.17) is 0 Å². The normalized spacial score (nSPS) is 13.6. The lowest BCUT2D eigenvalue weighted by Gasteiger charge is -2.30. The van der Waals surface area contributed by atoms with Crippen LogP contribution in [0.1, 0.15) is 48.6 Å². The minimum absolute atomic E-state index is 0.216. The molecule has 198 valence electrons. The first kappa shape index (κ1) is 27.5. The number of allylic oxidation sites excluding steroid dienone is 6. The van der Waals surface area contributed by atoms with Gasteiger partial charge in [0.05, 0.1) is 5.41 Å². The predicted octanol–water partition coefficient (Wildman–Crippen LogP) is 11.0. The van der Waals surface area contributed by atoms with E-state index in [-0.39, 0.29) is 5.41 Å². The van der Waals surface area contributed by atoms with Crippen molar-refractivity contribution in [3.05, 3.63) is 178 Å². The van der Waals surface area contributed by atoms with E-state index in [0.29, 0.717) is 0 Å². The molecular formula is C39H36S. The third kappa shape index (κ3) is 4.65. The van der Waals surface area contributed by atoms with E-state index in [1.165, 1.54) is 55.0 Å². The Morgan fingerprint density at radius 3 is 1.70 bits per heavy atom. The summed E-state index contributed by atoms with van der Waals surface area (Å²) in [6.45, 7) is 17.7. The third-order valence-electron chi connectivity index (χ3n) is 7.59. The van der Waals surface area contributed by atoms with Crippen molar-refractivity contribution in [2.24, 2.45) is 0 Å². The van der Waals surface area contributed by atoms with Gasteiger partial charge >= 0.3 is 0 Å². The molecule has 0 fully saturated rings. The minimum Gasteiger partial charge on any atom is -0.103 e. The Hall–Kier alpha value is -4.07. The minimum atomic E-state index is -0.216. The molecule has 0 aliphatic heterocycles. The van der Waals surface area contributed by atoms with Crippen LogP contribution in [-0.4, -0.2) is 0 Å². The second-order valence-corrected chi connectivity index (χ2v) is 11.7. The molecule has 0 radical (unpaired) electrons. The Kier molecular flexibility index (Phi) is 7.96. The van der Waals surface area contributed by atoms with Crippen LogP contribution in [0.4, 0.5) is 0 Å². The van der Waals surface area contributed by atoms with Crippen LogP contribution in [0.25, 0.3) is 22.3 Å². The van der Waals surface area contributed by atoms with E-state index in [9.17, 15) is 0 Å². The summed E-state index contributed by atoms with van der Waals surface area (Å²) in [5.41, 5.74) is 13.2. The second kappa shape index (κ2) is 11.6. The van der Waals surface area contributed by atoms with Crippen molar-refractivity contribution >= 4 is 11.8 Å². The average Bonchev–Trinajstić information content (AvgIpc) is 3.43. The van der Waals surface area contributed by atoms with Gasteiger partial charge in [-0.3, -0.25) is 0 Å². The lowest BCUT2D eigenvalue weighted by Crippen LogP contribution is -2.25. The van der Waals surface area contributed by atoms with Gasteiger partial charge in [0.2, 0.25) is 0 Å². The Labute approximate surface area is 244 Å². The molecule has 2 aliphatic carbocycles. The van der Waals surface area contributed by atoms with Crippen LogP contribution in [0.2, 0.25) is 0 Å². The first-order valence-corrected chi connectivity index (χ1v) is 14.6. The molecule has 0 aromatic heterocycles. The van der Waals surface area contributed by atoms with Gasteiger partial charge in [0.1, 0.15) is 0 Å². The van der Waals surface area contributed by atoms with Crippen LogP contribution in [0.15, 0.2) is 150 Å². The largest absolute Gasteiger partial charge is 0.103 e. The summed E-state index contributed by atoms with van der Waals surface area (Å²) in [4.78, 5) is 2.27. The van der Waals surface area contributed by atoms with Crippen LogP contribution in [0.5, 0.6) is 0 Å². The molecule has 0 heterocycles. The SMILES string of the molecule is C=C(C)S/C(=C/C=C\C)C(=C)C.C=CCc1ccc2c(c1)-c1ccccc1C21c2ccccc2-c2ccccc21. The zero-order valence-corrected chi connectivity index (χ0v) is 24.5. The summed E-state index contributed by atoms with van der Waals surface area (Å²) in [7, 11) is 0. The van der Waals surface area contributed by atoms with Crippen molar-refractivity contribution in [3.63, 3.8) is 0 Å². The van der Waals surface area contributed by atoms with Crippen LogP contribution in [0, 0.1) is 0 Å². The molecule has 1 spiro atoms. The van der Waals surface area contributed by atoms with Gasteiger partial charge in [-0.25, -0.2) is 0 Å². The van der Waals surface area contributed by atoms with E-state index in [0.717, 1.165) is 16.9 Å². The second-order valence-electron chi connectivity index (χ2n) is 10.4. The maximum atomic E-state index is 3.92. The number of benzene rings is 4. The molecular weight excluding hydrogens is 500 g/mol. The highest BCUT2D eigenvalue weighted by Gasteiger charge is 2.51. The molecule has 6 rings (SSSR count). The molecule has 0 saturated heterocycles. The third-order valence-corrected chi connectivity index (χ3v) is 8.64. The number of rotatable bonds is 6. The van der Waals surface area contributed by atoms with Crippen LogP contribution >= 0.6 is 11.8 Å². The zero-order chi connectivity index (χ0) is 28.3. The lowest BCUT2D eigenvalue weighted by molar-refractivity contribution is 0.793. The summed E-state index contributed by atoms with van der Waals surface area (Å²) in [6.07, 6.45) is 8.96. The molecule has 40 heavy (non-hydrogen) atoms. The average molecular weight is 537 g/mol. The van der Waals surface area contributed by atoms with Gasteiger partial charge in [-0.15, -0.1) is 6.58 Å². The smallest absolute Gasteiger partial charge is 0.0725 e. The maximum Gasteiger partial charge on any atom is 0.0725 e. The van der Waals surface area contributed by atoms with Crippen LogP contribution in [-0.2, 0) is 11.8 Å². The van der Waals surface area contributed by atoms with Crippen molar-refractivity contribution in [1.82, 2.24) is 0 Å². The van der Waals surface area contributed by atoms with Crippen molar-refractivity contribution in [2.75, 3.05) is 0 Å². The van der Waals surface area contributed by atoms with Crippen molar-refractivity contribution in [3.8, 4) is 22.3 Å².